The molecule has 1 aliphatic rings. The molecule has 1 fully saturated rings. The van der Waals surface area contributed by atoms with Crippen molar-refractivity contribution in [3.8, 4) is 11.5 Å². The lowest BCUT2D eigenvalue weighted by Gasteiger charge is -2.22. The van der Waals surface area contributed by atoms with Gasteiger partial charge in [0.1, 0.15) is 5.82 Å². The standard InChI is InChI=1S/C26H29BrClN3O3/c1-4-16(2)34-24-21(28)12-17(13-23(24)33-3)15-29-31-25(18-8-6-5-7-9-18)30-22-11-10-19(27)14-20(22)26(31)32/h10-16,18H,4-9H2,1-3H3/t16-/m0/s1. The molecule has 8 heteroatoms. The number of benzene rings is 2. The van der Waals surface area contributed by atoms with Crippen LogP contribution in [0.2, 0.25) is 5.02 Å². The van der Waals surface area contributed by atoms with Crippen molar-refractivity contribution in [2.45, 2.75) is 64.4 Å². The lowest BCUT2D eigenvalue weighted by molar-refractivity contribution is 0.208. The van der Waals surface area contributed by atoms with Crippen molar-refractivity contribution >= 4 is 44.6 Å². The minimum atomic E-state index is -0.182. The van der Waals surface area contributed by atoms with E-state index in [4.69, 9.17) is 26.1 Å². The van der Waals surface area contributed by atoms with Gasteiger partial charge in [-0.1, -0.05) is 53.7 Å². The molecule has 34 heavy (non-hydrogen) atoms. The van der Waals surface area contributed by atoms with E-state index < -0.39 is 0 Å². The highest BCUT2D eigenvalue weighted by Crippen LogP contribution is 2.37. The van der Waals surface area contributed by atoms with Crippen LogP contribution < -0.4 is 15.0 Å². The molecule has 0 N–H and O–H groups in total. The van der Waals surface area contributed by atoms with Crippen LogP contribution in [0, 0.1) is 0 Å². The van der Waals surface area contributed by atoms with Gasteiger partial charge in [-0.2, -0.15) is 9.78 Å². The Morgan fingerprint density at radius 2 is 2.03 bits per heavy atom. The van der Waals surface area contributed by atoms with E-state index in [1.54, 1.807) is 25.5 Å². The number of fused-ring (bicyclic) bond motifs is 1. The van der Waals surface area contributed by atoms with Crippen molar-refractivity contribution in [3.63, 3.8) is 0 Å². The summed E-state index contributed by atoms with van der Waals surface area (Å²) >= 11 is 9.98. The molecule has 1 saturated carbocycles. The molecule has 3 aromatic rings. The van der Waals surface area contributed by atoms with Crippen LogP contribution >= 0.6 is 27.5 Å². The summed E-state index contributed by atoms with van der Waals surface area (Å²) in [6, 6.07) is 9.15. The van der Waals surface area contributed by atoms with E-state index in [-0.39, 0.29) is 17.6 Å². The number of nitrogens with zero attached hydrogens (tertiary/aromatic N) is 3. The summed E-state index contributed by atoms with van der Waals surface area (Å²) in [4.78, 5) is 18.4. The molecule has 0 aliphatic heterocycles. The number of halogens is 2. The maximum Gasteiger partial charge on any atom is 0.282 e. The van der Waals surface area contributed by atoms with Gasteiger partial charge in [0.25, 0.3) is 5.56 Å². The highest BCUT2D eigenvalue weighted by atomic mass is 79.9. The fourth-order valence-corrected chi connectivity index (χ4v) is 4.86. The van der Waals surface area contributed by atoms with Gasteiger partial charge in [-0.25, -0.2) is 4.98 Å². The zero-order chi connectivity index (χ0) is 24.2. The van der Waals surface area contributed by atoms with Gasteiger partial charge in [-0.05, 0) is 62.1 Å². The molecular formula is C26H29BrClN3O3. The van der Waals surface area contributed by atoms with Gasteiger partial charge in [0, 0.05) is 10.4 Å². The van der Waals surface area contributed by atoms with Crippen LogP contribution in [0.1, 0.15) is 69.7 Å². The number of ether oxygens (including phenoxy) is 2. The third-order valence-electron chi connectivity index (χ3n) is 6.27. The first-order chi connectivity index (χ1) is 16.4. The first-order valence-corrected chi connectivity index (χ1v) is 12.9. The Bertz CT molecular complexity index is 1270. The third kappa shape index (κ3) is 5.31. The van der Waals surface area contributed by atoms with Crippen LogP contribution in [0.5, 0.6) is 11.5 Å². The van der Waals surface area contributed by atoms with Gasteiger partial charge < -0.3 is 9.47 Å². The van der Waals surface area contributed by atoms with E-state index in [0.717, 1.165) is 36.6 Å². The Morgan fingerprint density at radius 1 is 1.26 bits per heavy atom. The van der Waals surface area contributed by atoms with Gasteiger partial charge in [0.2, 0.25) is 0 Å². The summed E-state index contributed by atoms with van der Waals surface area (Å²) in [6.07, 6.45) is 7.97. The number of hydrogen-bond donors (Lipinski definition) is 0. The molecule has 1 heterocycles. The van der Waals surface area contributed by atoms with Crippen molar-refractivity contribution in [3.05, 3.63) is 61.6 Å². The summed E-state index contributed by atoms with van der Waals surface area (Å²) in [5, 5.41) is 5.56. The minimum absolute atomic E-state index is 0.00513. The fourth-order valence-electron chi connectivity index (χ4n) is 4.24. The number of rotatable bonds is 7. The monoisotopic (exact) mass is 545 g/mol. The molecule has 2 aromatic carbocycles. The second kappa shape index (κ2) is 10.9. The van der Waals surface area contributed by atoms with Crippen molar-refractivity contribution in [2.24, 2.45) is 5.10 Å². The Balaban J connectivity index is 1.79. The Kier molecular flexibility index (Phi) is 7.94. The number of hydrogen-bond acceptors (Lipinski definition) is 5. The van der Waals surface area contributed by atoms with Crippen LogP contribution in [0.3, 0.4) is 0 Å². The zero-order valence-electron chi connectivity index (χ0n) is 19.7. The van der Waals surface area contributed by atoms with Crippen LogP contribution in [0.15, 0.2) is 44.7 Å². The molecule has 4 rings (SSSR count). The van der Waals surface area contributed by atoms with Gasteiger partial charge >= 0.3 is 0 Å². The van der Waals surface area contributed by atoms with Gasteiger partial charge in [-0.15, -0.1) is 0 Å². The Morgan fingerprint density at radius 3 is 2.74 bits per heavy atom. The highest BCUT2D eigenvalue weighted by molar-refractivity contribution is 9.10. The topological polar surface area (TPSA) is 65.7 Å². The van der Waals surface area contributed by atoms with Crippen LogP contribution in [-0.4, -0.2) is 29.1 Å². The smallest absolute Gasteiger partial charge is 0.282 e. The van der Waals surface area contributed by atoms with Crippen molar-refractivity contribution in [1.29, 1.82) is 0 Å². The maximum atomic E-state index is 13.5. The second-order valence-corrected chi connectivity index (χ2v) is 10.0. The van der Waals surface area contributed by atoms with Gasteiger partial charge in [0.15, 0.2) is 11.5 Å². The molecule has 6 nitrogen and oxygen atoms in total. The van der Waals surface area contributed by atoms with E-state index in [1.165, 1.54) is 11.1 Å². The molecular weight excluding hydrogens is 518 g/mol. The van der Waals surface area contributed by atoms with Crippen LogP contribution in [-0.2, 0) is 0 Å². The first-order valence-electron chi connectivity index (χ1n) is 11.7. The molecule has 1 aromatic heterocycles. The SMILES string of the molecule is CC[C@H](C)Oc1c(Cl)cc(C=Nn2c(C3CCCCC3)nc3ccc(Br)cc3c2=O)cc1OC. The summed E-state index contributed by atoms with van der Waals surface area (Å²) in [5.74, 6) is 1.95. The molecule has 0 bridgehead atoms. The summed E-state index contributed by atoms with van der Waals surface area (Å²) in [7, 11) is 1.58. The lowest BCUT2D eigenvalue weighted by atomic mass is 9.88. The quantitative estimate of drug-likeness (QED) is 0.301. The lowest BCUT2D eigenvalue weighted by Crippen LogP contribution is -2.25. The Hall–Kier alpha value is -2.38. The summed E-state index contributed by atoms with van der Waals surface area (Å²) in [5.41, 5.74) is 1.21. The number of aromatic nitrogens is 2. The molecule has 0 saturated heterocycles. The zero-order valence-corrected chi connectivity index (χ0v) is 22.0. The molecule has 0 unspecified atom stereocenters. The van der Waals surface area contributed by atoms with E-state index in [1.807, 2.05) is 32.0 Å². The maximum absolute atomic E-state index is 13.5. The fraction of sp³-hybridized carbons (Fsp3) is 0.423. The molecule has 180 valence electrons. The normalized spacial score (nSPS) is 15.7. The van der Waals surface area contributed by atoms with E-state index >= 15 is 0 Å². The van der Waals surface area contributed by atoms with E-state index in [2.05, 4.69) is 21.0 Å². The van der Waals surface area contributed by atoms with Crippen molar-refractivity contribution in [1.82, 2.24) is 9.66 Å². The predicted octanol–water partition coefficient (Wildman–Crippen LogP) is 6.93. The van der Waals surface area contributed by atoms with Gasteiger partial charge in [0.05, 0.1) is 35.4 Å². The molecule has 0 radical (unpaired) electrons. The highest BCUT2D eigenvalue weighted by Gasteiger charge is 2.22. The van der Waals surface area contributed by atoms with E-state index in [0.29, 0.717) is 38.8 Å². The Labute approximate surface area is 213 Å². The first kappa shape index (κ1) is 24.7. The van der Waals surface area contributed by atoms with Gasteiger partial charge in [-0.3, -0.25) is 4.79 Å². The number of methoxy groups -OCH3 is 1. The predicted molar refractivity (Wildman–Crippen MR) is 141 cm³/mol. The summed E-state index contributed by atoms with van der Waals surface area (Å²) in [6.45, 7) is 4.03. The average Bonchev–Trinajstić information content (AvgIpc) is 2.85. The largest absolute Gasteiger partial charge is 0.493 e. The molecule has 1 atom stereocenters. The second-order valence-electron chi connectivity index (χ2n) is 8.70. The molecule has 1 aliphatic carbocycles. The van der Waals surface area contributed by atoms with Crippen molar-refractivity contribution in [2.75, 3.05) is 7.11 Å². The third-order valence-corrected chi connectivity index (χ3v) is 7.05. The average molecular weight is 547 g/mol. The van der Waals surface area contributed by atoms with Crippen LogP contribution in [0.25, 0.3) is 10.9 Å². The molecule has 0 spiro atoms. The minimum Gasteiger partial charge on any atom is -0.493 e. The van der Waals surface area contributed by atoms with Crippen molar-refractivity contribution < 1.29 is 9.47 Å². The van der Waals surface area contributed by atoms with E-state index in [9.17, 15) is 4.79 Å². The molecule has 0 amide bonds. The van der Waals surface area contributed by atoms with Crippen LogP contribution in [0.4, 0.5) is 0 Å². The summed E-state index contributed by atoms with van der Waals surface area (Å²) < 4.78 is 13.7.